The van der Waals surface area contributed by atoms with Gasteiger partial charge in [0.05, 0.1) is 12.6 Å². The number of amides is 1. The van der Waals surface area contributed by atoms with Crippen molar-refractivity contribution in [3.8, 4) is 0 Å². The second-order valence-corrected chi connectivity index (χ2v) is 9.13. The number of esters is 5. The summed E-state index contributed by atoms with van der Waals surface area (Å²) in [4.78, 5) is 75.4. The summed E-state index contributed by atoms with van der Waals surface area (Å²) in [6.07, 6.45) is -11.2. The van der Waals surface area contributed by atoms with E-state index in [4.69, 9.17) is 38.7 Å². The minimum Gasteiger partial charge on any atom is -0.461 e. The molecule has 0 aliphatic carbocycles. The molecule has 0 spiro atoms. The SMILES string of the molecule is CC(=O)O[C@H]1[C@H](OC(C)=O)[C@H](C(=O)NC[C@H]2O[C@@H](C(=O)OC(C)C)[C@@H](OC(C)=O)[C@@H]2OC(C)=O)O[C@@H]1CN=[N+]=[N-]. The van der Waals surface area contributed by atoms with Crippen molar-refractivity contribution in [3.05, 3.63) is 10.4 Å². The molecule has 2 rings (SSSR count). The van der Waals surface area contributed by atoms with Crippen LogP contribution in [0.25, 0.3) is 10.4 Å². The Morgan fingerprint density at radius 1 is 0.775 bits per heavy atom. The fourth-order valence-electron chi connectivity index (χ4n) is 4.19. The molecule has 2 fully saturated rings. The van der Waals surface area contributed by atoms with Gasteiger partial charge in [-0.1, -0.05) is 5.11 Å². The lowest BCUT2D eigenvalue weighted by atomic mass is 10.1. The van der Waals surface area contributed by atoms with Crippen LogP contribution in [0.4, 0.5) is 0 Å². The third-order valence-electron chi connectivity index (χ3n) is 5.47. The molecular weight excluding hydrogens is 540 g/mol. The Labute approximate surface area is 228 Å². The Morgan fingerprint density at radius 3 is 1.70 bits per heavy atom. The number of carbonyl (C=O) groups excluding carboxylic acids is 6. The topological polar surface area (TPSA) is 228 Å². The molecule has 17 nitrogen and oxygen atoms in total. The van der Waals surface area contributed by atoms with E-state index in [1.54, 1.807) is 13.8 Å². The van der Waals surface area contributed by atoms with Crippen molar-refractivity contribution in [3.63, 3.8) is 0 Å². The average Bonchev–Trinajstić information content (AvgIpc) is 3.32. The highest BCUT2D eigenvalue weighted by atomic mass is 16.7. The number of hydrogen-bond acceptors (Lipinski definition) is 14. The molecule has 222 valence electrons. The van der Waals surface area contributed by atoms with Gasteiger partial charge in [0.15, 0.2) is 36.6 Å². The minimum atomic E-state index is -1.52. The summed E-state index contributed by atoms with van der Waals surface area (Å²) in [6, 6.07) is 0. The van der Waals surface area contributed by atoms with E-state index in [1.165, 1.54) is 0 Å². The van der Waals surface area contributed by atoms with E-state index in [0.29, 0.717) is 0 Å². The van der Waals surface area contributed by atoms with Crippen LogP contribution < -0.4 is 5.32 Å². The highest BCUT2D eigenvalue weighted by Gasteiger charge is 2.55. The Kier molecular flexibility index (Phi) is 11.6. The molecule has 1 N–H and O–H groups in total. The maximum Gasteiger partial charge on any atom is 0.339 e. The van der Waals surface area contributed by atoms with E-state index < -0.39 is 97.2 Å². The molecule has 0 saturated carbocycles. The zero-order chi connectivity index (χ0) is 30.1. The van der Waals surface area contributed by atoms with Gasteiger partial charge < -0.3 is 38.5 Å². The molecule has 0 aromatic heterocycles. The first kappa shape index (κ1) is 32.3. The van der Waals surface area contributed by atoms with Crippen molar-refractivity contribution in [2.45, 2.75) is 96.5 Å². The predicted molar refractivity (Wildman–Crippen MR) is 128 cm³/mol. The van der Waals surface area contributed by atoms with Gasteiger partial charge in [0.1, 0.15) is 12.2 Å². The molecule has 0 aromatic rings. The molecule has 0 radical (unpaired) electrons. The van der Waals surface area contributed by atoms with Gasteiger partial charge in [-0.2, -0.15) is 0 Å². The van der Waals surface area contributed by atoms with Gasteiger partial charge >= 0.3 is 29.8 Å². The Hall–Kier alpha value is -3.95. The Balaban J connectivity index is 2.28. The molecule has 0 aromatic carbocycles. The van der Waals surface area contributed by atoms with Gasteiger partial charge in [-0.25, -0.2) is 4.79 Å². The molecule has 0 unspecified atom stereocenters. The van der Waals surface area contributed by atoms with Crippen LogP contribution in [0.15, 0.2) is 5.11 Å². The summed E-state index contributed by atoms with van der Waals surface area (Å²) >= 11 is 0. The number of nitrogens with one attached hydrogen (secondary N) is 1. The minimum absolute atomic E-state index is 0.347. The second-order valence-electron chi connectivity index (χ2n) is 9.13. The molecule has 1 amide bonds. The van der Waals surface area contributed by atoms with E-state index >= 15 is 0 Å². The molecule has 40 heavy (non-hydrogen) atoms. The smallest absolute Gasteiger partial charge is 0.339 e. The van der Waals surface area contributed by atoms with Crippen molar-refractivity contribution in [1.82, 2.24) is 5.32 Å². The van der Waals surface area contributed by atoms with Crippen molar-refractivity contribution >= 4 is 35.8 Å². The molecule has 2 aliphatic heterocycles. The van der Waals surface area contributed by atoms with Gasteiger partial charge in [0, 0.05) is 39.2 Å². The highest BCUT2D eigenvalue weighted by molar-refractivity contribution is 5.83. The third kappa shape index (κ3) is 8.79. The number of carbonyl (C=O) groups is 6. The van der Waals surface area contributed by atoms with Crippen LogP contribution in [0.2, 0.25) is 0 Å². The summed E-state index contributed by atoms with van der Waals surface area (Å²) in [7, 11) is 0. The van der Waals surface area contributed by atoms with Crippen LogP contribution in [-0.4, -0.2) is 104 Å². The van der Waals surface area contributed by atoms with Gasteiger partial charge in [0.25, 0.3) is 5.91 Å². The summed E-state index contributed by atoms with van der Waals surface area (Å²) in [5.74, 6) is -4.89. The molecule has 2 saturated heterocycles. The van der Waals surface area contributed by atoms with Crippen molar-refractivity contribution < 1.29 is 61.9 Å². The van der Waals surface area contributed by atoms with E-state index in [1.807, 2.05) is 0 Å². The lowest BCUT2D eigenvalue weighted by Crippen LogP contribution is -2.49. The lowest BCUT2D eigenvalue weighted by Gasteiger charge is -2.24. The van der Waals surface area contributed by atoms with E-state index in [-0.39, 0.29) is 6.54 Å². The summed E-state index contributed by atoms with van der Waals surface area (Å²) in [5.41, 5.74) is 8.67. The van der Waals surface area contributed by atoms with Gasteiger partial charge in [-0.15, -0.1) is 0 Å². The van der Waals surface area contributed by atoms with Crippen molar-refractivity contribution in [1.29, 1.82) is 0 Å². The maximum atomic E-state index is 13.2. The zero-order valence-electron chi connectivity index (χ0n) is 22.8. The van der Waals surface area contributed by atoms with Crippen LogP contribution in [0.1, 0.15) is 41.5 Å². The number of rotatable bonds is 11. The summed E-state index contributed by atoms with van der Waals surface area (Å²) in [6.45, 7) is 6.78. The third-order valence-corrected chi connectivity index (χ3v) is 5.47. The quantitative estimate of drug-likeness (QED) is 0.110. The predicted octanol–water partition coefficient (Wildman–Crippen LogP) is -0.374. The molecule has 0 bridgehead atoms. The number of azide groups is 1. The Bertz CT molecular complexity index is 1040. The first-order valence-electron chi connectivity index (χ1n) is 12.2. The summed E-state index contributed by atoms with van der Waals surface area (Å²) in [5, 5.41) is 5.87. The van der Waals surface area contributed by atoms with E-state index in [9.17, 15) is 28.8 Å². The number of nitrogens with zero attached hydrogens (tertiary/aromatic N) is 3. The van der Waals surface area contributed by atoms with Crippen LogP contribution >= 0.6 is 0 Å². The summed E-state index contributed by atoms with van der Waals surface area (Å²) < 4.78 is 37.4. The monoisotopic (exact) mass is 572 g/mol. The van der Waals surface area contributed by atoms with Crippen molar-refractivity contribution in [2.24, 2.45) is 5.11 Å². The van der Waals surface area contributed by atoms with Gasteiger partial charge in [-0.05, 0) is 19.4 Å². The fraction of sp³-hybridized carbons (Fsp3) is 0.739. The van der Waals surface area contributed by atoms with Crippen LogP contribution in [-0.2, 0) is 61.9 Å². The standard InChI is InChI=1S/C23H32N4O13/c1-9(2)34-23(33)21-19(38-13(6)31)16(35-10(3)28)14(40-21)7-25-22(32)20-18(37-12(5)30)17(36-11(4)29)15(39-20)8-26-27-24/h9,14-21H,7-8H2,1-6H3,(H,25,32)/t14-,15-,16-,17-,18+,19+,20-,21-/m1/s1. The van der Waals surface area contributed by atoms with Crippen LogP contribution in [0.5, 0.6) is 0 Å². The fourth-order valence-corrected chi connectivity index (χ4v) is 4.19. The average molecular weight is 573 g/mol. The van der Waals surface area contributed by atoms with Gasteiger partial charge in [-0.3, -0.25) is 24.0 Å². The molecule has 2 aliphatic rings. The second kappa shape index (κ2) is 14.4. The van der Waals surface area contributed by atoms with Crippen molar-refractivity contribution in [2.75, 3.05) is 13.1 Å². The number of hydrogen-bond donors (Lipinski definition) is 1. The van der Waals surface area contributed by atoms with Crippen LogP contribution in [0.3, 0.4) is 0 Å². The maximum absolute atomic E-state index is 13.2. The van der Waals surface area contributed by atoms with E-state index in [0.717, 1.165) is 27.7 Å². The van der Waals surface area contributed by atoms with Gasteiger partial charge in [0.2, 0.25) is 0 Å². The molecule has 8 atom stereocenters. The highest BCUT2D eigenvalue weighted by Crippen LogP contribution is 2.30. The first-order valence-corrected chi connectivity index (χ1v) is 12.2. The van der Waals surface area contributed by atoms with E-state index in [2.05, 4.69) is 15.3 Å². The molecule has 2 heterocycles. The largest absolute Gasteiger partial charge is 0.461 e. The first-order chi connectivity index (χ1) is 18.7. The molecule has 17 heteroatoms. The number of ether oxygens (including phenoxy) is 7. The van der Waals surface area contributed by atoms with Crippen LogP contribution in [0, 0.1) is 0 Å². The normalized spacial score (nSPS) is 29.1. The lowest BCUT2D eigenvalue weighted by molar-refractivity contribution is -0.172. The zero-order valence-corrected chi connectivity index (χ0v) is 22.8. The molecular formula is C23H32N4O13. The Morgan fingerprint density at radius 2 is 1.23 bits per heavy atom.